The van der Waals surface area contributed by atoms with Crippen molar-refractivity contribution in [1.82, 2.24) is 5.32 Å². The highest BCUT2D eigenvalue weighted by molar-refractivity contribution is 5.50. The monoisotopic (exact) mass is 304 g/mol. The van der Waals surface area contributed by atoms with E-state index in [1.54, 1.807) is 0 Å². The molecule has 118 valence electrons. The molecule has 1 aliphatic heterocycles. The average Bonchev–Trinajstić information content (AvgIpc) is 2.45. The Morgan fingerprint density at radius 1 is 1.24 bits per heavy atom. The lowest BCUT2D eigenvalue weighted by atomic mass is 10.0. The van der Waals surface area contributed by atoms with Crippen LogP contribution in [0.2, 0.25) is 0 Å². The van der Waals surface area contributed by atoms with E-state index < -0.39 is 17.6 Å². The van der Waals surface area contributed by atoms with Gasteiger partial charge in [0.2, 0.25) is 0 Å². The summed E-state index contributed by atoms with van der Waals surface area (Å²) in [7, 11) is 0. The van der Waals surface area contributed by atoms with Gasteiger partial charge in [-0.1, -0.05) is 6.92 Å². The summed E-state index contributed by atoms with van der Waals surface area (Å²) in [6.07, 6.45) is -1.69. The second-order valence-corrected chi connectivity index (χ2v) is 5.38. The third-order valence-corrected chi connectivity index (χ3v) is 3.79. The molecule has 1 heterocycles. The van der Waals surface area contributed by atoms with Gasteiger partial charge in [-0.15, -0.1) is 0 Å². The smallest absolute Gasteiger partial charge is 0.369 e. The van der Waals surface area contributed by atoms with Crippen LogP contribution in [0.15, 0.2) is 18.2 Å². The van der Waals surface area contributed by atoms with Crippen LogP contribution in [0, 0.1) is 5.82 Å². The van der Waals surface area contributed by atoms with Crippen LogP contribution in [0.4, 0.5) is 23.2 Å². The largest absolute Gasteiger partial charge is 0.416 e. The first-order valence-electron chi connectivity index (χ1n) is 7.27. The molecular formula is C15H20F4N2. The van der Waals surface area contributed by atoms with Gasteiger partial charge >= 0.3 is 6.18 Å². The van der Waals surface area contributed by atoms with Crippen molar-refractivity contribution < 1.29 is 17.6 Å². The van der Waals surface area contributed by atoms with E-state index in [0.29, 0.717) is 25.2 Å². The fourth-order valence-electron chi connectivity index (χ4n) is 2.61. The Bertz CT molecular complexity index is 465. The van der Waals surface area contributed by atoms with Crippen LogP contribution in [-0.4, -0.2) is 25.7 Å². The maximum Gasteiger partial charge on any atom is 0.416 e. The fourth-order valence-corrected chi connectivity index (χ4v) is 2.61. The number of rotatable bonds is 4. The van der Waals surface area contributed by atoms with Gasteiger partial charge in [0, 0.05) is 19.1 Å². The minimum atomic E-state index is -4.50. The molecule has 0 radical (unpaired) electrons. The van der Waals surface area contributed by atoms with Crippen LogP contribution in [0.25, 0.3) is 0 Å². The first-order valence-corrected chi connectivity index (χ1v) is 7.27. The second kappa shape index (κ2) is 6.64. The molecule has 1 fully saturated rings. The lowest BCUT2D eigenvalue weighted by Crippen LogP contribution is -2.43. The molecule has 1 saturated heterocycles. The molecule has 0 amide bonds. The maximum absolute atomic E-state index is 13.9. The number of nitrogens with one attached hydrogen (secondary N) is 1. The van der Waals surface area contributed by atoms with Crippen molar-refractivity contribution in [1.29, 1.82) is 0 Å². The van der Waals surface area contributed by atoms with Crippen molar-refractivity contribution in [2.24, 2.45) is 0 Å². The summed E-state index contributed by atoms with van der Waals surface area (Å²) in [6, 6.07) is 3.17. The molecule has 1 N–H and O–H groups in total. The Kier molecular flexibility index (Phi) is 5.08. The summed E-state index contributed by atoms with van der Waals surface area (Å²) in [5.41, 5.74) is -0.680. The zero-order valence-corrected chi connectivity index (χ0v) is 12.0. The third-order valence-electron chi connectivity index (χ3n) is 3.79. The van der Waals surface area contributed by atoms with E-state index in [0.717, 1.165) is 31.9 Å². The Balaban J connectivity index is 2.00. The predicted molar refractivity (Wildman–Crippen MR) is 74.9 cm³/mol. The third kappa shape index (κ3) is 4.09. The van der Waals surface area contributed by atoms with Gasteiger partial charge in [0.1, 0.15) is 5.82 Å². The van der Waals surface area contributed by atoms with E-state index in [2.05, 4.69) is 12.2 Å². The highest BCUT2D eigenvalue weighted by Crippen LogP contribution is 2.32. The molecule has 2 rings (SSSR count). The topological polar surface area (TPSA) is 15.3 Å². The predicted octanol–water partition coefficient (Wildman–Crippen LogP) is 3.81. The first-order chi connectivity index (χ1) is 9.91. The molecule has 0 atom stereocenters. The number of anilines is 1. The van der Waals surface area contributed by atoms with E-state index in [9.17, 15) is 17.6 Å². The highest BCUT2D eigenvalue weighted by Gasteiger charge is 2.32. The van der Waals surface area contributed by atoms with Crippen LogP contribution in [-0.2, 0) is 6.18 Å². The van der Waals surface area contributed by atoms with E-state index >= 15 is 0 Å². The van der Waals surface area contributed by atoms with Gasteiger partial charge in [-0.3, -0.25) is 0 Å². The van der Waals surface area contributed by atoms with Crippen LogP contribution in [0.1, 0.15) is 31.7 Å². The lowest BCUT2D eigenvalue weighted by molar-refractivity contribution is -0.137. The Hall–Kier alpha value is -1.30. The van der Waals surface area contributed by atoms with Gasteiger partial charge in [-0.25, -0.2) is 4.39 Å². The van der Waals surface area contributed by atoms with Crippen molar-refractivity contribution in [3.63, 3.8) is 0 Å². The number of halogens is 4. The SMILES string of the molecule is CCCNC1CCN(c2ccc(C(F)(F)F)cc2F)CC1. The van der Waals surface area contributed by atoms with Gasteiger partial charge in [0.25, 0.3) is 0 Å². The molecule has 0 unspecified atom stereocenters. The number of nitrogens with zero attached hydrogens (tertiary/aromatic N) is 1. The number of hydrogen-bond donors (Lipinski definition) is 1. The molecule has 1 aliphatic rings. The van der Waals surface area contributed by atoms with Gasteiger partial charge in [-0.05, 0) is 44.0 Å². The molecule has 21 heavy (non-hydrogen) atoms. The number of piperidine rings is 1. The van der Waals surface area contributed by atoms with Gasteiger partial charge in [0.05, 0.1) is 11.3 Å². The normalized spacial score (nSPS) is 17.3. The Morgan fingerprint density at radius 3 is 2.43 bits per heavy atom. The van der Waals surface area contributed by atoms with Crippen LogP contribution >= 0.6 is 0 Å². The summed E-state index contributed by atoms with van der Waals surface area (Å²) < 4.78 is 51.5. The molecule has 1 aromatic carbocycles. The van der Waals surface area contributed by atoms with E-state index in [4.69, 9.17) is 0 Å². The minimum absolute atomic E-state index is 0.261. The summed E-state index contributed by atoms with van der Waals surface area (Å²) in [5.74, 6) is -0.801. The average molecular weight is 304 g/mol. The molecule has 0 aromatic heterocycles. The number of hydrogen-bond acceptors (Lipinski definition) is 2. The molecule has 0 spiro atoms. The molecule has 2 nitrogen and oxygen atoms in total. The van der Waals surface area contributed by atoms with Crippen LogP contribution < -0.4 is 10.2 Å². The molecule has 0 bridgehead atoms. The van der Waals surface area contributed by atoms with Gasteiger partial charge < -0.3 is 10.2 Å². The fraction of sp³-hybridized carbons (Fsp3) is 0.600. The molecule has 0 aliphatic carbocycles. The Morgan fingerprint density at radius 2 is 1.90 bits per heavy atom. The summed E-state index contributed by atoms with van der Waals surface area (Å²) in [6.45, 7) is 4.37. The standard InChI is InChI=1S/C15H20F4N2/c1-2-7-20-12-5-8-21(9-6-12)14-4-3-11(10-13(14)16)15(17,18)19/h3-4,10,12,20H,2,5-9H2,1H3. The summed E-state index contributed by atoms with van der Waals surface area (Å²) in [5, 5.41) is 3.42. The zero-order chi connectivity index (χ0) is 15.5. The lowest BCUT2D eigenvalue weighted by Gasteiger charge is -2.34. The number of benzene rings is 1. The van der Waals surface area contributed by atoms with Crippen LogP contribution in [0.3, 0.4) is 0 Å². The quantitative estimate of drug-likeness (QED) is 0.851. The van der Waals surface area contributed by atoms with Crippen molar-refractivity contribution in [2.45, 2.75) is 38.4 Å². The Labute approximate surface area is 122 Å². The van der Waals surface area contributed by atoms with Crippen molar-refractivity contribution >= 4 is 5.69 Å². The van der Waals surface area contributed by atoms with Crippen molar-refractivity contribution in [3.05, 3.63) is 29.6 Å². The van der Waals surface area contributed by atoms with E-state index in [1.165, 1.54) is 6.07 Å². The van der Waals surface area contributed by atoms with Gasteiger partial charge in [0.15, 0.2) is 0 Å². The van der Waals surface area contributed by atoms with E-state index in [-0.39, 0.29) is 5.69 Å². The second-order valence-electron chi connectivity index (χ2n) is 5.38. The summed E-state index contributed by atoms with van der Waals surface area (Å²) in [4.78, 5) is 1.82. The first kappa shape index (κ1) is 16.1. The zero-order valence-electron chi connectivity index (χ0n) is 12.0. The maximum atomic E-state index is 13.9. The van der Waals surface area contributed by atoms with E-state index in [1.807, 2.05) is 4.90 Å². The number of alkyl halides is 3. The van der Waals surface area contributed by atoms with Crippen LogP contribution in [0.5, 0.6) is 0 Å². The van der Waals surface area contributed by atoms with Crippen molar-refractivity contribution in [2.75, 3.05) is 24.5 Å². The van der Waals surface area contributed by atoms with Crippen molar-refractivity contribution in [3.8, 4) is 0 Å². The molecule has 0 saturated carbocycles. The van der Waals surface area contributed by atoms with Gasteiger partial charge in [-0.2, -0.15) is 13.2 Å². The molecule has 1 aromatic rings. The molecule has 6 heteroatoms. The molecular weight excluding hydrogens is 284 g/mol. The summed E-state index contributed by atoms with van der Waals surface area (Å²) >= 11 is 0. The highest BCUT2D eigenvalue weighted by atomic mass is 19.4. The minimum Gasteiger partial charge on any atom is -0.369 e.